The SMILES string of the molecule is CNc1c(C(=O)c2ccc(Cl)cc2Cl)oc2cc(-c3cccc(NS(C)(=O)=O)c3)ccc12. The van der Waals surface area contributed by atoms with E-state index in [-0.39, 0.29) is 22.1 Å². The summed E-state index contributed by atoms with van der Waals surface area (Å²) in [5.74, 6) is -0.232. The highest BCUT2D eigenvalue weighted by Gasteiger charge is 2.23. The lowest BCUT2D eigenvalue weighted by molar-refractivity contribution is 0.101. The van der Waals surface area contributed by atoms with E-state index >= 15 is 0 Å². The maximum absolute atomic E-state index is 13.1. The van der Waals surface area contributed by atoms with E-state index in [1.165, 1.54) is 6.07 Å². The summed E-state index contributed by atoms with van der Waals surface area (Å²) < 4.78 is 31.5. The van der Waals surface area contributed by atoms with Crippen LogP contribution in [0.3, 0.4) is 0 Å². The van der Waals surface area contributed by atoms with Crippen LogP contribution >= 0.6 is 23.2 Å². The lowest BCUT2D eigenvalue weighted by Gasteiger charge is -2.07. The monoisotopic (exact) mass is 488 g/mol. The van der Waals surface area contributed by atoms with Crippen molar-refractivity contribution >= 4 is 61.4 Å². The number of carbonyl (C=O) groups is 1. The second kappa shape index (κ2) is 8.50. The van der Waals surface area contributed by atoms with Gasteiger partial charge < -0.3 is 9.73 Å². The van der Waals surface area contributed by atoms with Crippen LogP contribution in [0.5, 0.6) is 0 Å². The van der Waals surface area contributed by atoms with Crippen LogP contribution in [0.1, 0.15) is 16.1 Å². The fourth-order valence-corrected chi connectivity index (χ4v) is 4.51. The second-order valence-electron chi connectivity index (χ2n) is 7.18. The third-order valence-corrected chi connectivity index (χ3v) is 5.98. The third-order valence-electron chi connectivity index (χ3n) is 4.82. The minimum Gasteiger partial charge on any atom is -0.450 e. The first-order valence-electron chi connectivity index (χ1n) is 9.48. The van der Waals surface area contributed by atoms with Gasteiger partial charge in [-0.2, -0.15) is 0 Å². The molecular formula is C23H18Cl2N2O4S. The van der Waals surface area contributed by atoms with Crippen molar-refractivity contribution in [1.82, 2.24) is 0 Å². The van der Waals surface area contributed by atoms with E-state index < -0.39 is 10.0 Å². The Morgan fingerprint density at radius 3 is 2.41 bits per heavy atom. The molecule has 32 heavy (non-hydrogen) atoms. The van der Waals surface area contributed by atoms with Crippen LogP contribution in [0.15, 0.2) is 65.1 Å². The molecule has 1 aromatic heterocycles. The molecule has 1 heterocycles. The summed E-state index contributed by atoms with van der Waals surface area (Å²) in [7, 11) is -1.68. The average Bonchev–Trinajstić information content (AvgIpc) is 3.10. The summed E-state index contributed by atoms with van der Waals surface area (Å²) in [6.07, 6.45) is 1.10. The zero-order valence-corrected chi connectivity index (χ0v) is 19.4. The number of sulfonamides is 1. The van der Waals surface area contributed by atoms with E-state index in [4.69, 9.17) is 27.6 Å². The quantitative estimate of drug-likeness (QED) is 0.322. The Hall–Kier alpha value is -3.00. The minimum absolute atomic E-state index is 0.136. The highest BCUT2D eigenvalue weighted by atomic mass is 35.5. The van der Waals surface area contributed by atoms with Gasteiger partial charge in [-0.05, 0) is 53.6 Å². The molecule has 0 saturated carbocycles. The van der Waals surface area contributed by atoms with E-state index in [9.17, 15) is 13.2 Å². The number of anilines is 2. The summed E-state index contributed by atoms with van der Waals surface area (Å²) in [5.41, 5.74) is 3.38. The second-order valence-corrected chi connectivity index (χ2v) is 9.77. The van der Waals surface area contributed by atoms with E-state index in [0.29, 0.717) is 22.0 Å². The molecule has 4 aromatic rings. The Labute approximate surface area is 195 Å². The van der Waals surface area contributed by atoms with Gasteiger partial charge in [0.2, 0.25) is 15.8 Å². The topological polar surface area (TPSA) is 88.4 Å². The number of carbonyl (C=O) groups excluding carboxylic acids is 1. The Morgan fingerprint density at radius 1 is 0.969 bits per heavy atom. The molecule has 164 valence electrons. The molecule has 0 aliphatic heterocycles. The number of ketones is 1. The Bertz CT molecular complexity index is 1460. The van der Waals surface area contributed by atoms with E-state index in [1.807, 2.05) is 18.2 Å². The smallest absolute Gasteiger partial charge is 0.231 e. The predicted molar refractivity (Wildman–Crippen MR) is 130 cm³/mol. The van der Waals surface area contributed by atoms with Gasteiger partial charge in [-0.3, -0.25) is 9.52 Å². The first-order chi connectivity index (χ1) is 15.2. The van der Waals surface area contributed by atoms with Gasteiger partial charge in [0.15, 0.2) is 5.76 Å². The molecule has 0 aliphatic rings. The Morgan fingerprint density at radius 2 is 1.72 bits per heavy atom. The first kappa shape index (κ1) is 22.2. The molecule has 0 fully saturated rings. The van der Waals surface area contributed by atoms with Crippen LogP contribution in [0.25, 0.3) is 22.1 Å². The zero-order valence-electron chi connectivity index (χ0n) is 17.1. The highest BCUT2D eigenvalue weighted by molar-refractivity contribution is 7.92. The minimum atomic E-state index is -3.39. The van der Waals surface area contributed by atoms with E-state index in [1.54, 1.807) is 43.4 Å². The van der Waals surface area contributed by atoms with Crippen LogP contribution in [0.4, 0.5) is 11.4 Å². The molecule has 0 amide bonds. The molecule has 9 heteroatoms. The molecule has 2 N–H and O–H groups in total. The lowest BCUT2D eigenvalue weighted by atomic mass is 10.0. The molecule has 0 saturated heterocycles. The Balaban J connectivity index is 1.78. The van der Waals surface area contributed by atoms with E-state index in [2.05, 4.69) is 10.0 Å². The van der Waals surface area contributed by atoms with Gasteiger partial charge in [-0.1, -0.05) is 41.4 Å². The summed E-state index contributed by atoms with van der Waals surface area (Å²) in [5, 5.41) is 4.43. The molecule has 0 bridgehead atoms. The third kappa shape index (κ3) is 4.46. The largest absolute Gasteiger partial charge is 0.450 e. The molecule has 0 radical (unpaired) electrons. The molecule has 4 rings (SSSR count). The summed E-state index contributed by atoms with van der Waals surface area (Å²) in [4.78, 5) is 13.1. The lowest BCUT2D eigenvalue weighted by Crippen LogP contribution is -2.09. The van der Waals surface area contributed by atoms with Crippen molar-refractivity contribution < 1.29 is 17.6 Å². The summed E-state index contributed by atoms with van der Waals surface area (Å²) in [6, 6.07) is 17.2. The average molecular weight is 489 g/mol. The number of nitrogens with one attached hydrogen (secondary N) is 2. The van der Waals surface area contributed by atoms with Crippen LogP contribution in [-0.4, -0.2) is 27.5 Å². The van der Waals surface area contributed by atoms with Crippen molar-refractivity contribution in [3.63, 3.8) is 0 Å². The van der Waals surface area contributed by atoms with Gasteiger partial charge in [0.25, 0.3) is 0 Å². The normalized spacial score (nSPS) is 11.5. The molecule has 0 spiro atoms. The van der Waals surface area contributed by atoms with Gasteiger partial charge in [-0.25, -0.2) is 8.42 Å². The standard InChI is InChI=1S/C23H18Cl2N2O4S/c1-26-21-18-8-6-14(13-4-3-5-16(10-13)27-32(2,29)30)11-20(18)31-23(21)22(28)17-9-7-15(24)12-19(17)25/h3-12,26-27H,1-2H3. The molecule has 0 aliphatic carbocycles. The van der Waals surface area contributed by atoms with Crippen LogP contribution in [0.2, 0.25) is 10.0 Å². The maximum Gasteiger partial charge on any atom is 0.231 e. The van der Waals surface area contributed by atoms with Gasteiger partial charge >= 0.3 is 0 Å². The summed E-state index contributed by atoms with van der Waals surface area (Å²) >= 11 is 12.2. The number of benzene rings is 3. The molecule has 0 atom stereocenters. The van der Waals surface area contributed by atoms with Crippen molar-refractivity contribution in [3.8, 4) is 11.1 Å². The molecule has 0 unspecified atom stereocenters. The Kier molecular flexibility index (Phi) is 5.90. The van der Waals surface area contributed by atoms with Gasteiger partial charge in [-0.15, -0.1) is 0 Å². The van der Waals surface area contributed by atoms with Crippen LogP contribution in [0, 0.1) is 0 Å². The highest BCUT2D eigenvalue weighted by Crippen LogP contribution is 2.36. The van der Waals surface area contributed by atoms with Gasteiger partial charge in [0.05, 0.1) is 17.0 Å². The number of furan rings is 1. The number of hydrogen-bond acceptors (Lipinski definition) is 5. The van der Waals surface area contributed by atoms with Crippen molar-refractivity contribution in [2.24, 2.45) is 0 Å². The zero-order chi connectivity index (χ0) is 23.0. The number of fused-ring (bicyclic) bond motifs is 1. The van der Waals surface area contributed by atoms with E-state index in [0.717, 1.165) is 22.8 Å². The van der Waals surface area contributed by atoms with Crippen molar-refractivity contribution in [2.45, 2.75) is 0 Å². The maximum atomic E-state index is 13.1. The fourth-order valence-electron chi connectivity index (χ4n) is 3.46. The van der Waals surface area contributed by atoms with Crippen molar-refractivity contribution in [1.29, 1.82) is 0 Å². The number of halogens is 2. The summed E-state index contributed by atoms with van der Waals surface area (Å²) in [6.45, 7) is 0. The van der Waals surface area contributed by atoms with Crippen molar-refractivity contribution in [2.75, 3.05) is 23.3 Å². The number of rotatable bonds is 6. The van der Waals surface area contributed by atoms with Gasteiger partial charge in [0, 0.05) is 28.7 Å². The van der Waals surface area contributed by atoms with Crippen LogP contribution < -0.4 is 10.0 Å². The predicted octanol–water partition coefficient (Wildman–Crippen LogP) is 6.05. The van der Waals surface area contributed by atoms with Gasteiger partial charge in [0.1, 0.15) is 5.58 Å². The molecule has 3 aromatic carbocycles. The fraction of sp³-hybridized carbons (Fsp3) is 0.0870. The first-order valence-corrected chi connectivity index (χ1v) is 12.1. The number of hydrogen-bond donors (Lipinski definition) is 2. The van der Waals surface area contributed by atoms with Crippen LogP contribution in [-0.2, 0) is 10.0 Å². The molecule has 6 nitrogen and oxygen atoms in total. The van der Waals surface area contributed by atoms with Crippen molar-refractivity contribution in [3.05, 3.63) is 82.0 Å². The molecular weight excluding hydrogens is 471 g/mol.